The van der Waals surface area contributed by atoms with Gasteiger partial charge in [-0.1, -0.05) is 24.3 Å². The van der Waals surface area contributed by atoms with Crippen LogP contribution in [0.25, 0.3) is 0 Å². The lowest BCUT2D eigenvalue weighted by atomic mass is 10.1. The molecule has 3 heteroatoms. The van der Waals surface area contributed by atoms with Crippen LogP contribution in [0.5, 0.6) is 0 Å². The van der Waals surface area contributed by atoms with Crippen LogP contribution >= 0.6 is 0 Å². The lowest BCUT2D eigenvalue weighted by molar-refractivity contribution is -0.114. The summed E-state index contributed by atoms with van der Waals surface area (Å²) >= 11 is 0. The first kappa shape index (κ1) is 12.8. The normalized spacial score (nSPS) is 16.8. The van der Waals surface area contributed by atoms with Gasteiger partial charge >= 0.3 is 0 Å². The maximum Gasteiger partial charge on any atom is 0.221 e. The quantitative estimate of drug-likeness (QED) is 0.799. The fraction of sp³-hybridized carbons (Fsp3) is 0.400. The highest BCUT2D eigenvalue weighted by molar-refractivity contribution is 5.88. The SMILES string of the molecule is CC(=O)Nc1cccc(C(C)NC2CC=CC2)c1. The van der Waals surface area contributed by atoms with Gasteiger partial charge in [-0.2, -0.15) is 0 Å². The Morgan fingerprint density at radius 2 is 2.06 bits per heavy atom. The molecule has 0 aliphatic heterocycles. The second-order valence-electron chi connectivity index (χ2n) is 4.83. The van der Waals surface area contributed by atoms with E-state index < -0.39 is 0 Å². The van der Waals surface area contributed by atoms with E-state index in [1.165, 1.54) is 12.5 Å². The second-order valence-corrected chi connectivity index (χ2v) is 4.83. The highest BCUT2D eigenvalue weighted by atomic mass is 16.1. The van der Waals surface area contributed by atoms with Crippen molar-refractivity contribution in [1.29, 1.82) is 0 Å². The smallest absolute Gasteiger partial charge is 0.221 e. The van der Waals surface area contributed by atoms with Crippen LogP contribution in [-0.4, -0.2) is 11.9 Å². The predicted octanol–water partition coefficient (Wildman–Crippen LogP) is 3.01. The number of carbonyl (C=O) groups excluding carboxylic acids is 1. The van der Waals surface area contributed by atoms with E-state index in [1.54, 1.807) is 0 Å². The first-order chi connectivity index (χ1) is 8.65. The van der Waals surface area contributed by atoms with Crippen LogP contribution in [0.15, 0.2) is 36.4 Å². The standard InChI is InChI=1S/C15H20N2O/c1-11(16-14-7-3-4-8-14)13-6-5-9-15(10-13)17-12(2)18/h3-6,9-11,14,16H,7-8H2,1-2H3,(H,17,18). The molecule has 0 bridgehead atoms. The van der Waals surface area contributed by atoms with Crippen molar-refractivity contribution in [3.05, 3.63) is 42.0 Å². The number of amides is 1. The third-order valence-corrected chi connectivity index (χ3v) is 3.20. The van der Waals surface area contributed by atoms with E-state index in [1.807, 2.05) is 18.2 Å². The summed E-state index contributed by atoms with van der Waals surface area (Å²) in [6, 6.07) is 8.85. The van der Waals surface area contributed by atoms with E-state index in [0.29, 0.717) is 12.1 Å². The lowest BCUT2D eigenvalue weighted by Crippen LogP contribution is -2.29. The molecule has 1 aromatic carbocycles. The van der Waals surface area contributed by atoms with Crippen LogP contribution in [0.4, 0.5) is 5.69 Å². The minimum absolute atomic E-state index is 0.0345. The van der Waals surface area contributed by atoms with Gasteiger partial charge in [0.15, 0.2) is 0 Å². The van der Waals surface area contributed by atoms with Gasteiger partial charge in [0.25, 0.3) is 0 Å². The van der Waals surface area contributed by atoms with E-state index in [2.05, 4.69) is 35.8 Å². The zero-order chi connectivity index (χ0) is 13.0. The summed E-state index contributed by atoms with van der Waals surface area (Å²) < 4.78 is 0. The average molecular weight is 244 g/mol. The third-order valence-electron chi connectivity index (χ3n) is 3.20. The lowest BCUT2D eigenvalue weighted by Gasteiger charge is -2.20. The Balaban J connectivity index is 2.00. The zero-order valence-electron chi connectivity index (χ0n) is 10.9. The van der Waals surface area contributed by atoms with E-state index in [0.717, 1.165) is 18.5 Å². The zero-order valence-corrected chi connectivity index (χ0v) is 10.9. The highest BCUT2D eigenvalue weighted by Crippen LogP contribution is 2.20. The van der Waals surface area contributed by atoms with Gasteiger partial charge in [-0.3, -0.25) is 4.79 Å². The number of nitrogens with one attached hydrogen (secondary N) is 2. The van der Waals surface area contributed by atoms with Crippen molar-refractivity contribution in [3.8, 4) is 0 Å². The maximum atomic E-state index is 11.0. The van der Waals surface area contributed by atoms with Gasteiger partial charge in [0.05, 0.1) is 0 Å². The number of hydrogen-bond donors (Lipinski definition) is 2. The summed E-state index contributed by atoms with van der Waals surface area (Å²) in [7, 11) is 0. The molecule has 1 unspecified atom stereocenters. The van der Waals surface area contributed by atoms with E-state index >= 15 is 0 Å². The minimum Gasteiger partial charge on any atom is -0.326 e. The molecular formula is C15H20N2O. The average Bonchev–Trinajstić information content (AvgIpc) is 2.81. The molecule has 0 spiro atoms. The van der Waals surface area contributed by atoms with Crippen molar-refractivity contribution in [2.24, 2.45) is 0 Å². The van der Waals surface area contributed by atoms with Crippen molar-refractivity contribution >= 4 is 11.6 Å². The van der Waals surface area contributed by atoms with Crippen molar-refractivity contribution in [1.82, 2.24) is 5.32 Å². The van der Waals surface area contributed by atoms with Crippen LogP contribution < -0.4 is 10.6 Å². The van der Waals surface area contributed by atoms with Crippen LogP contribution in [0.3, 0.4) is 0 Å². The van der Waals surface area contributed by atoms with Gasteiger partial charge in [-0.25, -0.2) is 0 Å². The number of rotatable bonds is 4. The Morgan fingerprint density at radius 3 is 2.72 bits per heavy atom. The Morgan fingerprint density at radius 1 is 1.33 bits per heavy atom. The molecule has 0 saturated carbocycles. The molecule has 0 aromatic heterocycles. The van der Waals surface area contributed by atoms with Crippen molar-refractivity contribution in [2.45, 2.75) is 38.8 Å². The molecule has 1 aromatic rings. The van der Waals surface area contributed by atoms with Crippen LogP contribution in [-0.2, 0) is 4.79 Å². The molecule has 1 atom stereocenters. The molecule has 0 radical (unpaired) electrons. The molecule has 96 valence electrons. The van der Waals surface area contributed by atoms with Gasteiger partial charge in [0, 0.05) is 24.7 Å². The molecule has 0 fully saturated rings. The van der Waals surface area contributed by atoms with Crippen LogP contribution in [0.1, 0.15) is 38.3 Å². The number of benzene rings is 1. The Labute approximate surface area is 108 Å². The first-order valence-electron chi connectivity index (χ1n) is 6.44. The molecular weight excluding hydrogens is 224 g/mol. The Bertz CT molecular complexity index is 446. The summed E-state index contributed by atoms with van der Waals surface area (Å²) in [4.78, 5) is 11.0. The Hall–Kier alpha value is -1.61. The second kappa shape index (κ2) is 5.83. The molecule has 1 amide bonds. The molecule has 0 saturated heterocycles. The number of anilines is 1. The molecule has 1 aliphatic carbocycles. The summed E-state index contributed by atoms with van der Waals surface area (Å²) in [5.41, 5.74) is 2.06. The van der Waals surface area contributed by atoms with Crippen LogP contribution in [0, 0.1) is 0 Å². The van der Waals surface area contributed by atoms with Crippen molar-refractivity contribution in [3.63, 3.8) is 0 Å². The largest absolute Gasteiger partial charge is 0.326 e. The fourth-order valence-electron chi connectivity index (χ4n) is 2.29. The summed E-state index contributed by atoms with van der Waals surface area (Å²) in [6.45, 7) is 3.68. The first-order valence-corrected chi connectivity index (χ1v) is 6.44. The predicted molar refractivity (Wildman–Crippen MR) is 74.5 cm³/mol. The van der Waals surface area contributed by atoms with Gasteiger partial charge < -0.3 is 10.6 Å². The molecule has 2 N–H and O–H groups in total. The van der Waals surface area contributed by atoms with E-state index in [4.69, 9.17) is 0 Å². The molecule has 3 nitrogen and oxygen atoms in total. The summed E-state index contributed by atoms with van der Waals surface area (Å²) in [5, 5.41) is 6.42. The van der Waals surface area contributed by atoms with Crippen molar-refractivity contribution < 1.29 is 4.79 Å². The summed E-state index contributed by atoms with van der Waals surface area (Å²) in [5.74, 6) is -0.0345. The minimum atomic E-state index is -0.0345. The highest BCUT2D eigenvalue weighted by Gasteiger charge is 2.14. The van der Waals surface area contributed by atoms with E-state index in [-0.39, 0.29) is 5.91 Å². The maximum absolute atomic E-state index is 11.0. The molecule has 18 heavy (non-hydrogen) atoms. The van der Waals surface area contributed by atoms with Gasteiger partial charge in [-0.15, -0.1) is 0 Å². The monoisotopic (exact) mass is 244 g/mol. The van der Waals surface area contributed by atoms with Crippen molar-refractivity contribution in [2.75, 3.05) is 5.32 Å². The molecule has 2 rings (SSSR count). The summed E-state index contributed by atoms with van der Waals surface area (Å²) in [6.07, 6.45) is 6.65. The number of carbonyl (C=O) groups is 1. The van der Waals surface area contributed by atoms with Gasteiger partial charge in [0.2, 0.25) is 5.91 Å². The number of hydrogen-bond acceptors (Lipinski definition) is 2. The Kier molecular flexibility index (Phi) is 4.15. The van der Waals surface area contributed by atoms with Gasteiger partial charge in [-0.05, 0) is 37.5 Å². The molecule has 0 heterocycles. The topological polar surface area (TPSA) is 41.1 Å². The third kappa shape index (κ3) is 3.44. The van der Waals surface area contributed by atoms with Gasteiger partial charge in [0.1, 0.15) is 0 Å². The fourth-order valence-corrected chi connectivity index (χ4v) is 2.29. The molecule has 1 aliphatic rings. The van der Waals surface area contributed by atoms with E-state index in [9.17, 15) is 4.79 Å². The van der Waals surface area contributed by atoms with Crippen LogP contribution in [0.2, 0.25) is 0 Å².